The standard InChI is InChI=1S/C21H18FNO5/c1-12(24)3-10-18(25)19-20(26)16-9-8-15(11-17(16)23(2)21(19)27)28-14-6-4-13(22)5-7-14/h4-9,11,26H,3,10H2,1-2H3. The monoisotopic (exact) mass is 383 g/mol. The number of rotatable bonds is 6. The number of halogens is 1. The smallest absolute Gasteiger partial charge is 0.265 e. The van der Waals surface area contributed by atoms with Gasteiger partial charge in [0.05, 0.1) is 5.52 Å². The van der Waals surface area contributed by atoms with E-state index < -0.39 is 17.1 Å². The number of carbonyl (C=O) groups is 2. The molecule has 144 valence electrons. The number of nitrogens with zero attached hydrogens (tertiary/aromatic N) is 1. The molecule has 0 saturated heterocycles. The number of benzene rings is 2. The number of ketones is 2. The van der Waals surface area contributed by atoms with E-state index in [9.17, 15) is 23.9 Å². The third-order valence-corrected chi connectivity index (χ3v) is 4.37. The van der Waals surface area contributed by atoms with Crippen LogP contribution in [-0.4, -0.2) is 21.2 Å². The fourth-order valence-electron chi connectivity index (χ4n) is 2.87. The fraction of sp³-hybridized carbons (Fsp3) is 0.190. The Labute approximate surface area is 159 Å². The van der Waals surface area contributed by atoms with E-state index in [0.29, 0.717) is 22.4 Å². The zero-order chi connectivity index (χ0) is 20.4. The van der Waals surface area contributed by atoms with Crippen LogP contribution < -0.4 is 10.3 Å². The summed E-state index contributed by atoms with van der Waals surface area (Å²) >= 11 is 0. The lowest BCUT2D eigenvalue weighted by atomic mass is 10.0. The third-order valence-electron chi connectivity index (χ3n) is 4.37. The molecule has 0 aliphatic heterocycles. The SMILES string of the molecule is CC(=O)CCC(=O)c1c(O)c2ccc(Oc3ccc(F)cc3)cc2n(C)c1=O. The number of pyridine rings is 1. The second kappa shape index (κ2) is 7.64. The van der Waals surface area contributed by atoms with Crippen LogP contribution in [0.25, 0.3) is 10.9 Å². The highest BCUT2D eigenvalue weighted by Gasteiger charge is 2.21. The molecule has 0 spiro atoms. The molecule has 0 fully saturated rings. The number of carbonyl (C=O) groups excluding carboxylic acids is 2. The first kappa shape index (κ1) is 19.3. The predicted octanol–water partition coefficient (Wildman–Crippen LogP) is 3.73. The van der Waals surface area contributed by atoms with Crippen LogP contribution in [0.2, 0.25) is 0 Å². The van der Waals surface area contributed by atoms with Gasteiger partial charge in [-0.15, -0.1) is 0 Å². The fourth-order valence-corrected chi connectivity index (χ4v) is 2.87. The molecule has 7 heteroatoms. The molecule has 0 saturated carbocycles. The summed E-state index contributed by atoms with van der Waals surface area (Å²) in [5, 5.41) is 10.8. The lowest BCUT2D eigenvalue weighted by Crippen LogP contribution is -2.25. The largest absolute Gasteiger partial charge is 0.506 e. The van der Waals surface area contributed by atoms with Crippen LogP contribution in [0.1, 0.15) is 30.1 Å². The Morgan fingerprint density at radius 3 is 2.36 bits per heavy atom. The van der Waals surface area contributed by atoms with Gasteiger partial charge in [-0.05, 0) is 43.3 Å². The maximum Gasteiger partial charge on any atom is 0.265 e. The van der Waals surface area contributed by atoms with Crippen molar-refractivity contribution in [2.45, 2.75) is 19.8 Å². The molecule has 3 aromatic rings. The predicted molar refractivity (Wildman–Crippen MR) is 102 cm³/mol. The normalized spacial score (nSPS) is 10.8. The second-order valence-corrected chi connectivity index (χ2v) is 6.45. The number of ether oxygens (including phenoxy) is 1. The highest BCUT2D eigenvalue weighted by molar-refractivity contribution is 6.04. The average molecular weight is 383 g/mol. The van der Waals surface area contributed by atoms with Crippen molar-refractivity contribution in [2.75, 3.05) is 0 Å². The first-order valence-electron chi connectivity index (χ1n) is 8.59. The Bertz CT molecular complexity index is 1130. The molecule has 1 N–H and O–H groups in total. The van der Waals surface area contributed by atoms with Gasteiger partial charge in [-0.2, -0.15) is 0 Å². The van der Waals surface area contributed by atoms with Gasteiger partial charge in [-0.1, -0.05) is 0 Å². The molecule has 0 radical (unpaired) electrons. The zero-order valence-corrected chi connectivity index (χ0v) is 15.4. The highest BCUT2D eigenvalue weighted by Crippen LogP contribution is 2.31. The topological polar surface area (TPSA) is 85.6 Å². The number of aromatic nitrogens is 1. The van der Waals surface area contributed by atoms with Crippen molar-refractivity contribution < 1.29 is 23.8 Å². The number of aryl methyl sites for hydroxylation is 1. The molecule has 2 aromatic carbocycles. The van der Waals surface area contributed by atoms with Crippen LogP contribution in [0.15, 0.2) is 47.3 Å². The summed E-state index contributed by atoms with van der Waals surface area (Å²) in [5.74, 6) is -0.773. The Kier molecular flexibility index (Phi) is 5.26. The molecule has 3 rings (SSSR count). The van der Waals surface area contributed by atoms with E-state index in [0.717, 1.165) is 0 Å². The summed E-state index contributed by atoms with van der Waals surface area (Å²) in [6, 6.07) is 10.1. The van der Waals surface area contributed by atoms with Crippen molar-refractivity contribution in [3.63, 3.8) is 0 Å². The minimum Gasteiger partial charge on any atom is -0.506 e. The summed E-state index contributed by atoms with van der Waals surface area (Å²) in [4.78, 5) is 36.1. The van der Waals surface area contributed by atoms with Crippen molar-refractivity contribution in [1.82, 2.24) is 4.57 Å². The Morgan fingerprint density at radius 2 is 1.71 bits per heavy atom. The van der Waals surface area contributed by atoms with Gasteiger partial charge in [0.1, 0.15) is 34.4 Å². The molecule has 0 aliphatic rings. The van der Waals surface area contributed by atoms with E-state index in [-0.39, 0.29) is 30.0 Å². The summed E-state index contributed by atoms with van der Waals surface area (Å²) < 4.78 is 19.9. The third kappa shape index (κ3) is 3.78. The molecular weight excluding hydrogens is 365 g/mol. The molecule has 6 nitrogen and oxygen atoms in total. The van der Waals surface area contributed by atoms with E-state index in [2.05, 4.69) is 0 Å². The number of hydrogen-bond acceptors (Lipinski definition) is 5. The molecule has 0 atom stereocenters. The van der Waals surface area contributed by atoms with Gasteiger partial charge in [0.25, 0.3) is 5.56 Å². The maximum atomic E-state index is 13.0. The van der Waals surface area contributed by atoms with Crippen LogP contribution in [0, 0.1) is 5.82 Å². The molecule has 1 aromatic heterocycles. The summed E-state index contributed by atoms with van der Waals surface area (Å²) in [7, 11) is 1.48. The van der Waals surface area contributed by atoms with Crippen molar-refractivity contribution >= 4 is 22.5 Å². The van der Waals surface area contributed by atoms with Gasteiger partial charge in [-0.3, -0.25) is 9.59 Å². The molecule has 0 unspecified atom stereocenters. The van der Waals surface area contributed by atoms with Gasteiger partial charge in [0, 0.05) is 31.3 Å². The van der Waals surface area contributed by atoms with Crippen molar-refractivity contribution in [3.05, 3.63) is 64.2 Å². The number of Topliss-reactive ketones (excluding diaryl/α,β-unsaturated/α-hetero) is 2. The summed E-state index contributed by atoms with van der Waals surface area (Å²) in [6.07, 6.45) is -0.140. The van der Waals surface area contributed by atoms with Crippen molar-refractivity contribution in [1.29, 1.82) is 0 Å². The van der Waals surface area contributed by atoms with E-state index in [4.69, 9.17) is 4.74 Å². The van der Waals surface area contributed by atoms with Crippen LogP contribution in [0.5, 0.6) is 17.2 Å². The maximum absolute atomic E-state index is 13.0. The molecule has 0 aliphatic carbocycles. The average Bonchev–Trinajstić information content (AvgIpc) is 2.66. The van der Waals surface area contributed by atoms with E-state index in [1.54, 1.807) is 12.1 Å². The lowest BCUT2D eigenvalue weighted by Gasteiger charge is -2.13. The highest BCUT2D eigenvalue weighted by atomic mass is 19.1. The molecule has 28 heavy (non-hydrogen) atoms. The Morgan fingerprint density at radius 1 is 1.07 bits per heavy atom. The zero-order valence-electron chi connectivity index (χ0n) is 15.4. The summed E-state index contributed by atoms with van der Waals surface area (Å²) in [5.41, 5.74) is -0.619. The molecular formula is C21H18FNO5. The summed E-state index contributed by atoms with van der Waals surface area (Å²) in [6.45, 7) is 1.36. The number of fused-ring (bicyclic) bond motifs is 1. The number of aromatic hydroxyl groups is 1. The first-order chi connectivity index (χ1) is 13.3. The minimum atomic E-state index is -0.655. The van der Waals surface area contributed by atoms with Gasteiger partial charge >= 0.3 is 0 Å². The van der Waals surface area contributed by atoms with Crippen molar-refractivity contribution in [2.24, 2.45) is 7.05 Å². The van der Waals surface area contributed by atoms with E-state index >= 15 is 0 Å². The molecule has 0 bridgehead atoms. The van der Waals surface area contributed by atoms with Gasteiger partial charge < -0.3 is 19.2 Å². The van der Waals surface area contributed by atoms with Gasteiger partial charge in [0.2, 0.25) is 0 Å². The second-order valence-electron chi connectivity index (χ2n) is 6.45. The van der Waals surface area contributed by atoms with Crippen LogP contribution in [0.3, 0.4) is 0 Å². The van der Waals surface area contributed by atoms with Crippen LogP contribution in [0.4, 0.5) is 4.39 Å². The first-order valence-corrected chi connectivity index (χ1v) is 8.59. The Hall–Kier alpha value is -3.48. The van der Waals surface area contributed by atoms with E-state index in [1.165, 1.54) is 48.9 Å². The Balaban J connectivity index is 2.03. The van der Waals surface area contributed by atoms with Crippen LogP contribution in [-0.2, 0) is 11.8 Å². The minimum absolute atomic E-state index is 0.00388. The van der Waals surface area contributed by atoms with Crippen LogP contribution >= 0.6 is 0 Å². The van der Waals surface area contributed by atoms with E-state index in [1.807, 2.05) is 0 Å². The van der Waals surface area contributed by atoms with Gasteiger partial charge in [-0.25, -0.2) is 4.39 Å². The van der Waals surface area contributed by atoms with Gasteiger partial charge in [0.15, 0.2) is 5.78 Å². The lowest BCUT2D eigenvalue weighted by molar-refractivity contribution is -0.116. The molecule has 0 amide bonds. The quantitative estimate of drug-likeness (QED) is 0.656. The van der Waals surface area contributed by atoms with Crippen molar-refractivity contribution in [3.8, 4) is 17.2 Å². The number of hydrogen-bond donors (Lipinski definition) is 1. The molecule has 1 heterocycles.